The van der Waals surface area contributed by atoms with Gasteiger partial charge in [-0.2, -0.15) is 0 Å². The van der Waals surface area contributed by atoms with Crippen LogP contribution in [0.3, 0.4) is 0 Å². The van der Waals surface area contributed by atoms with Gasteiger partial charge in [0.1, 0.15) is 5.75 Å². The summed E-state index contributed by atoms with van der Waals surface area (Å²) in [6, 6.07) is 7.43. The van der Waals surface area contributed by atoms with Gasteiger partial charge in [-0.25, -0.2) is 13.1 Å². The highest BCUT2D eigenvalue weighted by Crippen LogP contribution is 2.39. The van der Waals surface area contributed by atoms with Crippen LogP contribution in [0.25, 0.3) is 0 Å². The van der Waals surface area contributed by atoms with Crippen molar-refractivity contribution in [1.82, 2.24) is 9.62 Å². The van der Waals surface area contributed by atoms with E-state index in [4.69, 9.17) is 9.47 Å². The maximum atomic E-state index is 13.2. The van der Waals surface area contributed by atoms with Gasteiger partial charge in [0.2, 0.25) is 10.0 Å². The van der Waals surface area contributed by atoms with Crippen LogP contribution in [0.1, 0.15) is 62.8 Å². The lowest BCUT2D eigenvalue weighted by molar-refractivity contribution is -0.140. The number of sulfonamides is 1. The summed E-state index contributed by atoms with van der Waals surface area (Å²) in [5.74, 6) is 1.58. The summed E-state index contributed by atoms with van der Waals surface area (Å²) >= 11 is 0. The molecule has 2 aliphatic carbocycles. The van der Waals surface area contributed by atoms with Crippen molar-refractivity contribution in [3.05, 3.63) is 29.8 Å². The number of carbonyl (C=O) groups excluding carboxylic acids is 1. The van der Waals surface area contributed by atoms with E-state index in [0.717, 1.165) is 57.1 Å². The first-order valence-corrected chi connectivity index (χ1v) is 13.8. The van der Waals surface area contributed by atoms with E-state index in [2.05, 4.69) is 10.8 Å². The van der Waals surface area contributed by atoms with Crippen LogP contribution in [0.2, 0.25) is 0 Å². The Hall–Kier alpha value is -1.64. The summed E-state index contributed by atoms with van der Waals surface area (Å²) in [7, 11) is -3.37. The number of nitrogens with one attached hydrogen (secondary N) is 1. The molecule has 1 aromatic carbocycles. The second-order valence-electron chi connectivity index (χ2n) is 9.88. The molecule has 2 atom stereocenters. The molecule has 3 fully saturated rings. The molecule has 0 radical (unpaired) electrons. The first kappa shape index (κ1) is 22.2. The van der Waals surface area contributed by atoms with Crippen molar-refractivity contribution < 1.29 is 22.7 Å². The Morgan fingerprint density at radius 2 is 1.81 bits per heavy atom. The van der Waals surface area contributed by atoms with Crippen molar-refractivity contribution in [2.24, 2.45) is 5.92 Å². The predicted molar refractivity (Wildman–Crippen MR) is 121 cm³/mol. The fraction of sp³-hybridized carbons (Fsp3) is 0.708. The van der Waals surface area contributed by atoms with Crippen molar-refractivity contribution in [3.63, 3.8) is 0 Å². The topological polar surface area (TPSA) is 84.9 Å². The van der Waals surface area contributed by atoms with Crippen LogP contribution < -0.4 is 9.46 Å². The van der Waals surface area contributed by atoms with E-state index < -0.39 is 10.0 Å². The van der Waals surface area contributed by atoms with Gasteiger partial charge in [-0.1, -0.05) is 18.2 Å². The minimum Gasteiger partial charge on any atom is -0.483 e. The van der Waals surface area contributed by atoms with E-state index in [0.29, 0.717) is 19.1 Å². The first-order chi connectivity index (χ1) is 15.5. The van der Waals surface area contributed by atoms with Gasteiger partial charge in [0, 0.05) is 12.6 Å². The molecule has 1 saturated heterocycles. The molecule has 5 aliphatic rings. The number of benzene rings is 1. The molecule has 32 heavy (non-hydrogen) atoms. The minimum atomic E-state index is -3.37. The number of amides is 1. The van der Waals surface area contributed by atoms with Crippen LogP contribution in [0.5, 0.6) is 5.75 Å². The molecule has 176 valence electrons. The Morgan fingerprint density at radius 3 is 2.59 bits per heavy atom. The Kier molecular flexibility index (Phi) is 6.45. The summed E-state index contributed by atoms with van der Waals surface area (Å²) < 4.78 is 40.7. The molecule has 2 saturated carbocycles. The Labute approximate surface area is 190 Å². The van der Waals surface area contributed by atoms with Crippen molar-refractivity contribution in [2.45, 2.75) is 75.5 Å². The molecule has 7 nitrogen and oxygen atoms in total. The molecule has 6 rings (SSSR count). The Morgan fingerprint density at radius 1 is 1.03 bits per heavy atom. The molecular weight excluding hydrogens is 428 g/mol. The van der Waals surface area contributed by atoms with Gasteiger partial charge in [-0.05, 0) is 74.8 Å². The number of ether oxygens (including phenoxy) is 2. The van der Waals surface area contributed by atoms with Crippen LogP contribution in [0, 0.1) is 5.92 Å². The maximum Gasteiger partial charge on any atom is 0.260 e. The lowest BCUT2D eigenvalue weighted by atomic mass is 9.82. The molecule has 3 heterocycles. The molecule has 1 N–H and O–H groups in total. The van der Waals surface area contributed by atoms with E-state index in [-0.39, 0.29) is 42.4 Å². The highest BCUT2D eigenvalue weighted by atomic mass is 32.2. The quantitative estimate of drug-likeness (QED) is 0.744. The Balaban J connectivity index is 1.37. The van der Waals surface area contributed by atoms with E-state index in [1.807, 2.05) is 18.2 Å². The van der Waals surface area contributed by atoms with Gasteiger partial charge < -0.3 is 14.4 Å². The average Bonchev–Trinajstić information content (AvgIpc) is 3.59. The molecule has 1 aromatic rings. The van der Waals surface area contributed by atoms with E-state index in [9.17, 15) is 13.2 Å². The third-order valence-electron chi connectivity index (χ3n) is 7.47. The largest absolute Gasteiger partial charge is 0.483 e. The zero-order valence-electron chi connectivity index (χ0n) is 18.6. The van der Waals surface area contributed by atoms with Gasteiger partial charge in [0.15, 0.2) is 6.61 Å². The third kappa shape index (κ3) is 5.13. The molecule has 1 unspecified atom stereocenters. The monoisotopic (exact) mass is 462 g/mol. The summed E-state index contributed by atoms with van der Waals surface area (Å²) in [6.07, 6.45) is 7.63. The number of piperidine rings is 1. The zero-order chi connectivity index (χ0) is 22.1. The van der Waals surface area contributed by atoms with Crippen LogP contribution >= 0.6 is 0 Å². The SMILES string of the molecule is O=C1COc2ccccc2C2CCC(CC2)OC[C@H]2C(NS(=O)(=O)CC3CC3)CCCN12. The lowest BCUT2D eigenvalue weighted by Gasteiger charge is -2.42. The highest BCUT2D eigenvalue weighted by Gasteiger charge is 2.39. The number of hydrogen-bond acceptors (Lipinski definition) is 5. The standard InChI is InChI=1S/C24H34N2O5S/c27-24-15-31-23-6-2-1-4-20(23)18-9-11-19(12-10-18)30-14-22-21(5-3-13-26(22)24)25-32(28,29)16-17-7-8-17/h1-2,4,6,17-19,21-22,25H,3,5,7-16H2/t18?,19?,21?,22-/m0/s1. The van der Waals surface area contributed by atoms with Gasteiger partial charge >= 0.3 is 0 Å². The zero-order valence-corrected chi connectivity index (χ0v) is 19.4. The Bertz CT molecular complexity index is 924. The molecule has 0 spiro atoms. The molecule has 8 heteroatoms. The van der Waals surface area contributed by atoms with E-state index >= 15 is 0 Å². The third-order valence-corrected chi connectivity index (χ3v) is 9.04. The van der Waals surface area contributed by atoms with Gasteiger partial charge in [-0.15, -0.1) is 0 Å². The minimum absolute atomic E-state index is 0.0365. The van der Waals surface area contributed by atoms with Gasteiger partial charge in [0.25, 0.3) is 5.91 Å². The summed E-state index contributed by atoms with van der Waals surface area (Å²) in [5, 5.41) is 0. The van der Waals surface area contributed by atoms with Gasteiger partial charge in [0.05, 0.1) is 24.5 Å². The molecule has 2 bridgehead atoms. The van der Waals surface area contributed by atoms with Crippen molar-refractivity contribution in [1.29, 1.82) is 0 Å². The molecule has 1 amide bonds. The smallest absolute Gasteiger partial charge is 0.260 e. The first-order valence-electron chi connectivity index (χ1n) is 12.1. The predicted octanol–water partition coefficient (Wildman–Crippen LogP) is 2.81. The van der Waals surface area contributed by atoms with Crippen LogP contribution in [-0.2, 0) is 19.6 Å². The lowest BCUT2D eigenvalue weighted by Crippen LogP contribution is -2.60. The summed E-state index contributed by atoms with van der Waals surface area (Å²) in [4.78, 5) is 15.0. The maximum absolute atomic E-state index is 13.2. The number of carbonyl (C=O) groups is 1. The second kappa shape index (κ2) is 9.31. The fourth-order valence-electron chi connectivity index (χ4n) is 5.53. The van der Waals surface area contributed by atoms with Crippen LogP contribution in [-0.4, -0.2) is 62.9 Å². The summed E-state index contributed by atoms with van der Waals surface area (Å²) in [5.41, 5.74) is 1.18. The molecule has 3 aliphatic heterocycles. The molecule has 0 aromatic heterocycles. The summed E-state index contributed by atoms with van der Waals surface area (Å²) in [6.45, 7) is 0.932. The van der Waals surface area contributed by atoms with Crippen molar-refractivity contribution in [3.8, 4) is 5.75 Å². The van der Waals surface area contributed by atoms with Crippen molar-refractivity contribution >= 4 is 15.9 Å². The fourth-order valence-corrected chi connectivity index (χ4v) is 7.32. The normalized spacial score (nSPS) is 31.5. The second-order valence-corrected chi connectivity index (χ2v) is 11.7. The van der Waals surface area contributed by atoms with E-state index in [1.54, 1.807) is 4.90 Å². The number of fused-ring (bicyclic) bond motifs is 5. The number of para-hydroxylation sites is 1. The number of rotatable bonds is 4. The highest BCUT2D eigenvalue weighted by molar-refractivity contribution is 7.89. The van der Waals surface area contributed by atoms with Gasteiger partial charge in [-0.3, -0.25) is 4.79 Å². The van der Waals surface area contributed by atoms with E-state index in [1.165, 1.54) is 5.56 Å². The van der Waals surface area contributed by atoms with Crippen LogP contribution in [0.4, 0.5) is 0 Å². The number of hydrogen-bond donors (Lipinski definition) is 1. The number of nitrogens with zero attached hydrogens (tertiary/aromatic N) is 1. The molecular formula is C24H34N2O5S. The average molecular weight is 463 g/mol. The van der Waals surface area contributed by atoms with Crippen molar-refractivity contribution in [2.75, 3.05) is 25.5 Å². The van der Waals surface area contributed by atoms with Crippen LogP contribution in [0.15, 0.2) is 24.3 Å².